The molecule has 0 amide bonds. The smallest absolute Gasteiger partial charge is 0.128 e. The van der Waals surface area contributed by atoms with Gasteiger partial charge in [0, 0.05) is 21.9 Å². The Morgan fingerprint density at radius 2 is 1.04 bits per heavy atom. The van der Waals surface area contributed by atoms with Gasteiger partial charge in [-0.2, -0.15) is 0 Å². The van der Waals surface area contributed by atoms with Crippen LogP contribution in [0, 0.1) is 0 Å². The van der Waals surface area contributed by atoms with E-state index >= 15 is 0 Å². The summed E-state index contributed by atoms with van der Waals surface area (Å²) in [5.74, 6) is 0.580. The first-order valence-electron chi connectivity index (χ1n) is 9.08. The average molecular weight is 348 g/mol. The minimum absolute atomic E-state index is 0.290. The molecular weight excluding hydrogens is 332 g/mol. The molecule has 2 N–H and O–H groups in total. The zero-order chi connectivity index (χ0) is 18.2. The Kier molecular flexibility index (Phi) is 2.60. The lowest BCUT2D eigenvalue weighted by Crippen LogP contribution is -2.19. The molecular formula is C25H16O2. The Morgan fingerprint density at radius 1 is 0.593 bits per heavy atom. The van der Waals surface area contributed by atoms with Gasteiger partial charge in [-0.1, -0.05) is 72.8 Å². The van der Waals surface area contributed by atoms with E-state index in [1.54, 1.807) is 0 Å². The highest BCUT2D eigenvalue weighted by atomic mass is 16.3. The molecule has 0 bridgehead atoms. The van der Waals surface area contributed by atoms with E-state index in [2.05, 4.69) is 36.4 Å². The normalized spacial score (nSPS) is 15.7. The lowest BCUT2D eigenvalue weighted by Gasteiger charge is -2.27. The second kappa shape index (κ2) is 4.80. The maximum absolute atomic E-state index is 11.2. The number of hydrogen-bond donors (Lipinski definition) is 2. The fourth-order valence-electron chi connectivity index (χ4n) is 4.79. The van der Waals surface area contributed by atoms with Crippen molar-refractivity contribution in [3.63, 3.8) is 0 Å². The van der Waals surface area contributed by atoms with E-state index in [0.29, 0.717) is 0 Å². The van der Waals surface area contributed by atoms with Gasteiger partial charge in [0.15, 0.2) is 0 Å². The van der Waals surface area contributed by atoms with Gasteiger partial charge < -0.3 is 10.2 Å². The molecule has 128 valence electrons. The van der Waals surface area contributed by atoms with E-state index in [1.807, 2.05) is 48.5 Å². The minimum Gasteiger partial charge on any atom is -0.507 e. The molecule has 0 saturated carbocycles. The van der Waals surface area contributed by atoms with Crippen molar-refractivity contribution in [1.82, 2.24) is 0 Å². The summed E-state index contributed by atoms with van der Waals surface area (Å²) in [6.45, 7) is 0. The second-order valence-corrected chi connectivity index (χ2v) is 7.36. The van der Waals surface area contributed by atoms with E-state index in [1.165, 1.54) is 0 Å². The molecule has 0 saturated heterocycles. The van der Waals surface area contributed by atoms with Crippen LogP contribution in [0.3, 0.4) is 0 Å². The third kappa shape index (κ3) is 1.70. The van der Waals surface area contributed by atoms with Crippen LogP contribution in [0.4, 0.5) is 0 Å². The van der Waals surface area contributed by atoms with Gasteiger partial charge in [0.05, 0.1) is 5.41 Å². The minimum atomic E-state index is -0.632. The van der Waals surface area contributed by atoms with Crippen LogP contribution in [-0.4, -0.2) is 10.2 Å². The number of aromatic hydroxyl groups is 2. The summed E-state index contributed by atoms with van der Waals surface area (Å²) >= 11 is 0. The quantitative estimate of drug-likeness (QED) is 0.425. The van der Waals surface area contributed by atoms with Crippen LogP contribution in [0.25, 0.3) is 33.7 Å². The molecule has 0 radical (unpaired) electrons. The first kappa shape index (κ1) is 14.6. The van der Waals surface area contributed by atoms with E-state index < -0.39 is 5.41 Å². The highest BCUT2D eigenvalue weighted by molar-refractivity contribution is 5.99. The van der Waals surface area contributed by atoms with Crippen molar-refractivity contribution in [1.29, 1.82) is 0 Å². The third-order valence-electron chi connectivity index (χ3n) is 5.98. The largest absolute Gasteiger partial charge is 0.507 e. The monoisotopic (exact) mass is 348 g/mol. The van der Waals surface area contributed by atoms with Crippen LogP contribution in [-0.2, 0) is 5.41 Å². The molecule has 4 aromatic rings. The number of fused-ring (bicyclic) bond motifs is 6. The van der Waals surface area contributed by atoms with Crippen molar-refractivity contribution < 1.29 is 10.2 Å². The molecule has 0 fully saturated rings. The number of hydrogen-bond acceptors (Lipinski definition) is 2. The first-order chi connectivity index (χ1) is 13.2. The molecule has 2 aliphatic rings. The summed E-state index contributed by atoms with van der Waals surface area (Å²) in [6.07, 6.45) is 8.28. The predicted molar refractivity (Wildman–Crippen MR) is 110 cm³/mol. The molecule has 0 unspecified atom stereocenters. The fraction of sp³-hybridized carbons (Fsp3) is 0.0400. The number of rotatable bonds is 0. The van der Waals surface area contributed by atoms with E-state index in [-0.39, 0.29) is 11.5 Å². The van der Waals surface area contributed by atoms with Gasteiger partial charge in [-0.05, 0) is 34.0 Å². The number of allylic oxidation sites excluding steroid dienone is 2. The lowest BCUT2D eigenvalue weighted by atomic mass is 9.76. The Balaban J connectivity index is 1.73. The standard InChI is InChI=1S/C25H16O2/c26-23-19-7-3-1-5-15(19)13-17-9-11-25(21(17)23)12-10-18-14-16-6-2-4-8-20(16)24(27)22(18)25/h1-14,26-27H. The summed E-state index contributed by atoms with van der Waals surface area (Å²) in [5.41, 5.74) is 3.06. The Labute approximate surface area is 156 Å². The summed E-state index contributed by atoms with van der Waals surface area (Å²) in [5, 5.41) is 26.0. The van der Waals surface area contributed by atoms with Crippen molar-refractivity contribution in [2.45, 2.75) is 5.41 Å². The summed E-state index contributed by atoms with van der Waals surface area (Å²) in [4.78, 5) is 0. The number of phenols is 2. The van der Waals surface area contributed by atoms with Gasteiger partial charge in [0.2, 0.25) is 0 Å². The molecule has 0 aromatic heterocycles. The first-order valence-corrected chi connectivity index (χ1v) is 9.08. The molecule has 2 aliphatic carbocycles. The lowest BCUT2D eigenvalue weighted by molar-refractivity contribution is 0.459. The molecule has 0 atom stereocenters. The van der Waals surface area contributed by atoms with Gasteiger partial charge >= 0.3 is 0 Å². The molecule has 4 aromatic carbocycles. The molecule has 0 heterocycles. The molecule has 27 heavy (non-hydrogen) atoms. The molecule has 2 heteroatoms. The second-order valence-electron chi connectivity index (χ2n) is 7.36. The van der Waals surface area contributed by atoms with Crippen molar-refractivity contribution in [2.24, 2.45) is 0 Å². The van der Waals surface area contributed by atoms with Gasteiger partial charge in [0.25, 0.3) is 0 Å². The molecule has 2 nitrogen and oxygen atoms in total. The zero-order valence-electron chi connectivity index (χ0n) is 14.5. The topological polar surface area (TPSA) is 40.5 Å². The molecule has 1 spiro atoms. The van der Waals surface area contributed by atoms with Crippen LogP contribution in [0.15, 0.2) is 72.8 Å². The van der Waals surface area contributed by atoms with Crippen LogP contribution in [0.2, 0.25) is 0 Å². The van der Waals surface area contributed by atoms with Crippen LogP contribution in [0.5, 0.6) is 11.5 Å². The fourth-order valence-corrected chi connectivity index (χ4v) is 4.79. The van der Waals surface area contributed by atoms with Gasteiger partial charge in [0.1, 0.15) is 11.5 Å². The zero-order valence-corrected chi connectivity index (χ0v) is 14.5. The summed E-state index contributed by atoms with van der Waals surface area (Å²) < 4.78 is 0. The highest BCUT2D eigenvalue weighted by Crippen LogP contribution is 2.56. The summed E-state index contributed by atoms with van der Waals surface area (Å²) in [7, 11) is 0. The Bertz CT molecular complexity index is 1240. The highest BCUT2D eigenvalue weighted by Gasteiger charge is 2.43. The maximum Gasteiger partial charge on any atom is 0.128 e. The van der Waals surface area contributed by atoms with E-state index in [9.17, 15) is 10.2 Å². The third-order valence-corrected chi connectivity index (χ3v) is 5.98. The number of benzene rings is 4. The van der Waals surface area contributed by atoms with E-state index in [4.69, 9.17) is 0 Å². The van der Waals surface area contributed by atoms with Gasteiger partial charge in [-0.15, -0.1) is 0 Å². The van der Waals surface area contributed by atoms with E-state index in [0.717, 1.165) is 43.8 Å². The average Bonchev–Trinajstić information content (AvgIpc) is 3.24. The van der Waals surface area contributed by atoms with Gasteiger partial charge in [-0.25, -0.2) is 0 Å². The van der Waals surface area contributed by atoms with Crippen molar-refractivity contribution in [3.05, 3.63) is 95.1 Å². The van der Waals surface area contributed by atoms with Crippen molar-refractivity contribution in [3.8, 4) is 11.5 Å². The molecule has 0 aliphatic heterocycles. The van der Waals surface area contributed by atoms with Crippen LogP contribution in [0.1, 0.15) is 22.3 Å². The SMILES string of the molecule is Oc1c2c(cc3ccccc13)C=CC21C=Cc2cc3ccccc3c(O)c21. The van der Waals surface area contributed by atoms with Crippen LogP contribution < -0.4 is 0 Å². The van der Waals surface area contributed by atoms with Crippen molar-refractivity contribution >= 4 is 33.7 Å². The summed E-state index contributed by atoms with van der Waals surface area (Å²) in [6, 6.07) is 20.0. The Morgan fingerprint density at radius 3 is 1.52 bits per heavy atom. The van der Waals surface area contributed by atoms with Crippen LogP contribution >= 0.6 is 0 Å². The molecule has 6 rings (SSSR count). The van der Waals surface area contributed by atoms with Gasteiger partial charge in [-0.3, -0.25) is 0 Å². The Hall–Kier alpha value is -3.52. The predicted octanol–water partition coefficient (Wildman–Crippen LogP) is 5.74. The van der Waals surface area contributed by atoms with Crippen molar-refractivity contribution in [2.75, 3.05) is 0 Å². The number of phenolic OH excluding ortho intramolecular Hbond substituents is 2. The maximum atomic E-state index is 11.2.